The van der Waals surface area contributed by atoms with Crippen molar-refractivity contribution in [2.24, 2.45) is 5.73 Å². The second-order valence-corrected chi connectivity index (χ2v) is 6.95. The Hall–Kier alpha value is -1.31. The highest BCUT2D eigenvalue weighted by Crippen LogP contribution is 2.22. The van der Waals surface area contributed by atoms with E-state index in [0.717, 1.165) is 5.69 Å². The molecule has 0 unspecified atom stereocenters. The van der Waals surface area contributed by atoms with Gasteiger partial charge in [-0.3, -0.25) is 4.72 Å². The first-order chi connectivity index (χ1) is 8.94. The number of thiophene rings is 1. The summed E-state index contributed by atoms with van der Waals surface area (Å²) in [4.78, 5) is 0.243. The van der Waals surface area contributed by atoms with Crippen LogP contribution in [-0.2, 0) is 16.6 Å². The van der Waals surface area contributed by atoms with Crippen molar-refractivity contribution in [1.82, 2.24) is 4.57 Å². The van der Waals surface area contributed by atoms with E-state index in [2.05, 4.69) is 4.72 Å². The Morgan fingerprint density at radius 1 is 1.47 bits per heavy atom. The quantitative estimate of drug-likeness (QED) is 0.890. The van der Waals surface area contributed by atoms with Gasteiger partial charge in [-0.2, -0.15) is 11.3 Å². The standard InChI is InChI=1S/C12H17N3O2S2/c1-9(2)15-7-12(5-11(15)6-13)19(16,17)14-10-3-4-18-8-10/h3-5,7-9,14H,6,13H2,1-2H3. The van der Waals surface area contributed by atoms with Crippen molar-refractivity contribution in [3.63, 3.8) is 0 Å². The average molecular weight is 299 g/mol. The molecule has 2 aromatic rings. The smallest absolute Gasteiger partial charge is 0.263 e. The number of anilines is 1. The normalized spacial score (nSPS) is 12.0. The van der Waals surface area contributed by atoms with Crippen molar-refractivity contribution in [2.75, 3.05) is 4.72 Å². The first kappa shape index (κ1) is 14.1. The topological polar surface area (TPSA) is 77.1 Å². The van der Waals surface area contributed by atoms with Crippen molar-refractivity contribution >= 4 is 27.0 Å². The summed E-state index contributed by atoms with van der Waals surface area (Å²) in [5.74, 6) is 0. The highest BCUT2D eigenvalue weighted by molar-refractivity contribution is 7.92. The minimum atomic E-state index is -3.55. The van der Waals surface area contributed by atoms with Crippen LogP contribution in [0.2, 0.25) is 0 Å². The van der Waals surface area contributed by atoms with Crippen LogP contribution in [0.15, 0.2) is 34.0 Å². The maximum Gasteiger partial charge on any atom is 0.263 e. The summed E-state index contributed by atoms with van der Waals surface area (Å²) < 4.78 is 28.9. The van der Waals surface area contributed by atoms with E-state index >= 15 is 0 Å². The molecule has 3 N–H and O–H groups in total. The molecule has 0 aliphatic rings. The predicted octanol–water partition coefficient (Wildman–Crippen LogP) is 2.39. The number of sulfonamides is 1. The number of rotatable bonds is 5. The van der Waals surface area contributed by atoms with Crippen LogP contribution in [0, 0.1) is 0 Å². The van der Waals surface area contributed by atoms with E-state index in [4.69, 9.17) is 5.73 Å². The predicted molar refractivity (Wildman–Crippen MR) is 77.8 cm³/mol. The molecule has 19 heavy (non-hydrogen) atoms. The van der Waals surface area contributed by atoms with E-state index in [9.17, 15) is 8.42 Å². The lowest BCUT2D eigenvalue weighted by atomic mass is 10.3. The molecule has 0 aromatic carbocycles. The SMILES string of the molecule is CC(C)n1cc(S(=O)(=O)Nc2ccsc2)cc1CN. The Bertz CT molecular complexity index is 643. The van der Waals surface area contributed by atoms with Gasteiger partial charge < -0.3 is 10.3 Å². The van der Waals surface area contributed by atoms with Gasteiger partial charge >= 0.3 is 0 Å². The molecule has 0 spiro atoms. The number of hydrogen-bond donors (Lipinski definition) is 2. The molecule has 0 aliphatic carbocycles. The van der Waals surface area contributed by atoms with Crippen LogP contribution in [0.1, 0.15) is 25.6 Å². The van der Waals surface area contributed by atoms with Crippen molar-refractivity contribution in [2.45, 2.75) is 31.3 Å². The molecule has 0 fully saturated rings. The van der Waals surface area contributed by atoms with Gasteiger partial charge in [0.15, 0.2) is 0 Å². The Morgan fingerprint density at radius 3 is 2.68 bits per heavy atom. The zero-order valence-electron chi connectivity index (χ0n) is 10.8. The Labute approximate surface area is 117 Å². The van der Waals surface area contributed by atoms with Crippen LogP contribution < -0.4 is 10.5 Å². The van der Waals surface area contributed by atoms with Gasteiger partial charge in [0.2, 0.25) is 0 Å². The monoisotopic (exact) mass is 299 g/mol. The molecule has 0 amide bonds. The van der Waals surface area contributed by atoms with E-state index in [1.54, 1.807) is 23.7 Å². The summed E-state index contributed by atoms with van der Waals surface area (Å²) in [6, 6.07) is 3.52. The lowest BCUT2D eigenvalue weighted by Gasteiger charge is -2.10. The molecule has 0 atom stereocenters. The van der Waals surface area contributed by atoms with Crippen molar-refractivity contribution in [3.8, 4) is 0 Å². The Kier molecular flexibility index (Phi) is 3.98. The molecule has 0 bridgehead atoms. The minimum absolute atomic E-state index is 0.170. The van der Waals surface area contributed by atoms with E-state index in [-0.39, 0.29) is 10.9 Å². The van der Waals surface area contributed by atoms with Gasteiger partial charge in [-0.05, 0) is 31.4 Å². The average Bonchev–Trinajstić information content (AvgIpc) is 2.95. The molecular weight excluding hydrogens is 282 g/mol. The summed E-state index contributed by atoms with van der Waals surface area (Å²) in [7, 11) is -3.55. The number of nitrogens with two attached hydrogens (primary N) is 1. The highest BCUT2D eigenvalue weighted by atomic mass is 32.2. The van der Waals surface area contributed by atoms with Gasteiger partial charge in [0.05, 0.1) is 5.69 Å². The van der Waals surface area contributed by atoms with Crippen molar-refractivity contribution in [1.29, 1.82) is 0 Å². The molecule has 0 aliphatic heterocycles. The Balaban J connectivity index is 2.35. The molecule has 104 valence electrons. The highest BCUT2D eigenvalue weighted by Gasteiger charge is 2.19. The van der Waals surface area contributed by atoms with Crippen molar-refractivity contribution in [3.05, 3.63) is 34.8 Å². The van der Waals surface area contributed by atoms with Crippen LogP contribution >= 0.6 is 11.3 Å². The molecule has 0 saturated carbocycles. The van der Waals surface area contributed by atoms with E-state index in [0.29, 0.717) is 12.2 Å². The third-order valence-corrected chi connectivity index (χ3v) is 4.79. The number of hydrogen-bond acceptors (Lipinski definition) is 4. The number of aromatic nitrogens is 1. The van der Waals surface area contributed by atoms with Gasteiger partial charge in [0, 0.05) is 29.9 Å². The number of nitrogens with zero attached hydrogens (tertiary/aromatic N) is 1. The molecule has 2 aromatic heterocycles. The number of nitrogens with one attached hydrogen (secondary N) is 1. The van der Waals surface area contributed by atoms with Crippen LogP contribution in [0.25, 0.3) is 0 Å². The zero-order valence-corrected chi connectivity index (χ0v) is 12.5. The van der Waals surface area contributed by atoms with Gasteiger partial charge in [-0.1, -0.05) is 0 Å². The summed E-state index contributed by atoms with van der Waals surface area (Å²) in [6.07, 6.45) is 1.63. The molecule has 7 heteroatoms. The first-order valence-electron chi connectivity index (χ1n) is 5.90. The molecular formula is C12H17N3O2S2. The van der Waals surface area contributed by atoms with Gasteiger partial charge in [-0.15, -0.1) is 0 Å². The zero-order chi connectivity index (χ0) is 14.0. The first-order valence-corrected chi connectivity index (χ1v) is 8.32. The third kappa shape index (κ3) is 2.99. The summed E-state index contributed by atoms with van der Waals surface area (Å²) in [5.41, 5.74) is 7.03. The minimum Gasteiger partial charge on any atom is -0.346 e. The van der Waals surface area contributed by atoms with Crippen LogP contribution in [0.3, 0.4) is 0 Å². The molecule has 5 nitrogen and oxygen atoms in total. The fourth-order valence-corrected chi connectivity index (χ4v) is 3.59. The third-order valence-electron chi connectivity index (χ3n) is 2.76. The molecule has 2 rings (SSSR count). The lowest BCUT2D eigenvalue weighted by molar-refractivity contribution is 0.573. The van der Waals surface area contributed by atoms with E-state index in [1.807, 2.05) is 23.8 Å². The second kappa shape index (κ2) is 5.36. The lowest BCUT2D eigenvalue weighted by Crippen LogP contribution is -2.11. The Morgan fingerprint density at radius 2 is 2.21 bits per heavy atom. The van der Waals surface area contributed by atoms with Gasteiger partial charge in [0.25, 0.3) is 10.0 Å². The molecule has 0 saturated heterocycles. The fraction of sp³-hybridized carbons (Fsp3) is 0.333. The van der Waals surface area contributed by atoms with E-state index < -0.39 is 10.0 Å². The maximum atomic E-state index is 12.2. The van der Waals surface area contributed by atoms with Crippen LogP contribution in [0.5, 0.6) is 0 Å². The van der Waals surface area contributed by atoms with Gasteiger partial charge in [0.1, 0.15) is 4.90 Å². The van der Waals surface area contributed by atoms with Crippen molar-refractivity contribution < 1.29 is 8.42 Å². The molecule has 0 radical (unpaired) electrons. The summed E-state index contributed by atoms with van der Waals surface area (Å²) >= 11 is 1.44. The summed E-state index contributed by atoms with van der Waals surface area (Å²) in [5, 5.41) is 3.57. The maximum absolute atomic E-state index is 12.2. The fourth-order valence-electron chi connectivity index (χ4n) is 1.82. The van der Waals surface area contributed by atoms with E-state index in [1.165, 1.54) is 11.3 Å². The largest absolute Gasteiger partial charge is 0.346 e. The van der Waals surface area contributed by atoms with Crippen LogP contribution in [0.4, 0.5) is 5.69 Å². The summed E-state index contributed by atoms with van der Waals surface area (Å²) in [6.45, 7) is 4.29. The van der Waals surface area contributed by atoms with Gasteiger partial charge in [-0.25, -0.2) is 8.42 Å². The molecule has 2 heterocycles. The van der Waals surface area contributed by atoms with Crippen LogP contribution in [-0.4, -0.2) is 13.0 Å². The second-order valence-electron chi connectivity index (χ2n) is 4.49.